The summed E-state index contributed by atoms with van der Waals surface area (Å²) in [5.74, 6) is 2.50. The fourth-order valence-electron chi connectivity index (χ4n) is 7.24. The average Bonchev–Trinajstić information content (AvgIpc) is 3.60. The van der Waals surface area contributed by atoms with Gasteiger partial charge >= 0.3 is 20.4 Å². The molecule has 0 N–H and O–H groups in total. The summed E-state index contributed by atoms with van der Waals surface area (Å²) in [5.41, 5.74) is 13.2. The quantitative estimate of drug-likeness (QED) is 0.0971. The van der Waals surface area contributed by atoms with E-state index in [1.807, 2.05) is 25.3 Å². The summed E-state index contributed by atoms with van der Waals surface area (Å²) in [6, 6.07) is 34.7. The Morgan fingerprint density at radius 1 is 0.865 bits per heavy atom. The molecule has 6 heteroatoms. The maximum absolute atomic E-state index is 6.66. The van der Waals surface area contributed by atoms with Crippen LogP contribution in [-0.2, 0) is 33.3 Å². The summed E-state index contributed by atoms with van der Waals surface area (Å²) >= 11 is 0. The normalized spacial score (nSPS) is 11.4. The first-order valence-corrected chi connectivity index (χ1v) is 18.1. The van der Waals surface area contributed by atoms with E-state index >= 15 is 0 Å². The van der Waals surface area contributed by atoms with Crippen LogP contribution < -0.4 is 4.74 Å². The molecule has 0 saturated heterocycles. The second-order valence-electron chi connectivity index (χ2n) is 14.2. The van der Waals surface area contributed by atoms with Gasteiger partial charge < -0.3 is 9.30 Å². The number of para-hydroxylation sites is 1. The largest absolute Gasteiger partial charge is 2.00 e. The number of pyridine rings is 1. The van der Waals surface area contributed by atoms with Crippen molar-refractivity contribution >= 4 is 27.4 Å². The molecule has 4 aromatic carbocycles. The van der Waals surface area contributed by atoms with Crippen molar-refractivity contribution in [2.24, 2.45) is 5.92 Å². The molecular weight excluding hydrogens is 731 g/mol. The number of rotatable bonds is 11. The van der Waals surface area contributed by atoms with E-state index in [1.54, 1.807) is 0 Å². The van der Waals surface area contributed by atoms with Gasteiger partial charge in [0.05, 0.1) is 11.4 Å². The average molecular weight is 777 g/mol. The number of ether oxygens (including phenoxy) is 1. The van der Waals surface area contributed by atoms with Gasteiger partial charge in [0.25, 0.3) is 0 Å². The van der Waals surface area contributed by atoms with Crippen LogP contribution in [0.5, 0.6) is 11.5 Å². The number of unbranched alkanes of at least 4 members (excludes halogenated alkanes) is 1. The summed E-state index contributed by atoms with van der Waals surface area (Å²) in [5, 5.41) is 7.41. The van der Waals surface area contributed by atoms with Gasteiger partial charge in [0.2, 0.25) is 0 Å². The smallest absolute Gasteiger partial charge is 0.509 e. The van der Waals surface area contributed by atoms with E-state index in [0.29, 0.717) is 17.4 Å². The van der Waals surface area contributed by atoms with Gasteiger partial charge in [0.15, 0.2) is 0 Å². The van der Waals surface area contributed by atoms with Crippen molar-refractivity contribution < 1.29 is 25.2 Å². The number of fused-ring (bicyclic) bond motifs is 3. The number of hydrogen-bond acceptors (Lipinski definition) is 3. The predicted molar refractivity (Wildman–Crippen MR) is 211 cm³/mol. The second kappa shape index (κ2) is 15.5. The van der Waals surface area contributed by atoms with E-state index in [0.717, 1.165) is 75.8 Å². The van der Waals surface area contributed by atoms with Crippen LogP contribution in [0.4, 0.5) is 0 Å². The molecule has 0 bridgehead atoms. The van der Waals surface area contributed by atoms with Gasteiger partial charge in [-0.3, -0.25) is 4.68 Å². The van der Waals surface area contributed by atoms with Crippen LogP contribution in [0, 0.1) is 38.8 Å². The van der Waals surface area contributed by atoms with Crippen molar-refractivity contribution in [3.8, 4) is 34.1 Å². The molecule has 0 unspecified atom stereocenters. The minimum atomic E-state index is 0. The van der Waals surface area contributed by atoms with Gasteiger partial charge in [-0.1, -0.05) is 81.3 Å². The Hall–Kier alpha value is -4.76. The van der Waals surface area contributed by atoms with Crippen LogP contribution in [0.3, 0.4) is 0 Å². The Kier molecular flexibility index (Phi) is 11.0. The van der Waals surface area contributed by atoms with Crippen LogP contribution >= 0.6 is 0 Å². The first kappa shape index (κ1) is 37.0. The maximum atomic E-state index is 6.66. The third-order valence-corrected chi connectivity index (χ3v) is 9.67. The first-order valence-electron chi connectivity index (χ1n) is 18.1. The van der Waals surface area contributed by atoms with E-state index in [1.165, 1.54) is 33.5 Å². The molecule has 0 spiro atoms. The van der Waals surface area contributed by atoms with Crippen LogP contribution in [0.25, 0.3) is 50.0 Å². The molecule has 0 radical (unpaired) electrons. The van der Waals surface area contributed by atoms with Crippen LogP contribution in [0.15, 0.2) is 91.6 Å². The Morgan fingerprint density at radius 2 is 1.63 bits per heavy atom. The molecule has 3 heterocycles. The van der Waals surface area contributed by atoms with Crippen molar-refractivity contribution in [3.05, 3.63) is 137 Å². The number of nitrogens with zero attached hydrogens (tertiary/aromatic N) is 4. The zero-order chi connectivity index (χ0) is 35.8. The van der Waals surface area contributed by atoms with E-state index in [4.69, 9.17) is 14.8 Å². The molecule has 0 aliphatic rings. The number of benzene rings is 4. The van der Waals surface area contributed by atoms with Crippen LogP contribution in [-0.4, -0.2) is 19.3 Å². The molecule has 0 aliphatic carbocycles. The van der Waals surface area contributed by atoms with E-state index in [9.17, 15) is 0 Å². The standard InChI is InChI=1S/C46H46N4O.Pd/c1-9-10-16-34-21-22-47-44(24-34)49-41-18-12-11-17-39(41)40-20-19-37(28-42(40)49)51-38-26-35(30(4)5)25-36(27-38)50-43(23-29(2)3)46(33(8)48-50)45-31(6)14-13-15-32(45)7;/h11-15,17-22,24-26,29H,4,9-10,16,23H2,1-3,5-8H3;/q-2;+2. The number of aryl methyl sites for hydroxylation is 4. The third kappa shape index (κ3) is 7.16. The van der Waals surface area contributed by atoms with E-state index in [2.05, 4.69) is 136 Å². The van der Waals surface area contributed by atoms with Crippen molar-refractivity contribution in [2.45, 2.75) is 74.1 Å². The van der Waals surface area contributed by atoms with E-state index in [-0.39, 0.29) is 20.4 Å². The van der Waals surface area contributed by atoms with Crippen molar-refractivity contribution in [1.29, 1.82) is 0 Å². The molecule has 7 aromatic rings. The second-order valence-corrected chi connectivity index (χ2v) is 14.2. The number of hydrogen-bond donors (Lipinski definition) is 0. The Balaban J connectivity index is 0.00000464. The van der Waals surface area contributed by atoms with Gasteiger partial charge in [-0.2, -0.15) is 11.2 Å². The first-order chi connectivity index (χ1) is 24.6. The monoisotopic (exact) mass is 776 g/mol. The molecule has 52 heavy (non-hydrogen) atoms. The molecule has 0 atom stereocenters. The fraction of sp³-hybridized carbons (Fsp3) is 0.261. The molecule has 3 aromatic heterocycles. The summed E-state index contributed by atoms with van der Waals surface area (Å²) in [6.07, 6.45) is 6.11. The Labute approximate surface area is 322 Å². The minimum absolute atomic E-state index is 0. The third-order valence-electron chi connectivity index (χ3n) is 9.67. The van der Waals surface area contributed by atoms with E-state index < -0.39 is 0 Å². The predicted octanol–water partition coefficient (Wildman–Crippen LogP) is 11.9. The Morgan fingerprint density at radius 3 is 2.37 bits per heavy atom. The number of aromatic nitrogens is 4. The van der Waals surface area contributed by atoms with Gasteiger partial charge in [0.1, 0.15) is 5.82 Å². The molecule has 0 amide bonds. The summed E-state index contributed by atoms with van der Waals surface area (Å²) < 4.78 is 10.9. The minimum Gasteiger partial charge on any atom is -0.509 e. The molecule has 0 aliphatic heterocycles. The Bertz CT molecular complexity index is 2390. The summed E-state index contributed by atoms with van der Waals surface area (Å²) in [6.45, 7) is 19.5. The van der Waals surface area contributed by atoms with Crippen molar-refractivity contribution in [1.82, 2.24) is 19.3 Å². The zero-order valence-corrected chi connectivity index (χ0v) is 32.8. The molecule has 7 rings (SSSR count). The van der Waals surface area contributed by atoms with Gasteiger partial charge in [-0.25, -0.2) is 4.98 Å². The van der Waals surface area contributed by atoms with Crippen LogP contribution in [0.1, 0.15) is 74.2 Å². The fourth-order valence-corrected chi connectivity index (χ4v) is 7.24. The molecule has 266 valence electrons. The summed E-state index contributed by atoms with van der Waals surface area (Å²) in [4.78, 5) is 4.83. The molecule has 5 nitrogen and oxygen atoms in total. The van der Waals surface area contributed by atoms with Crippen molar-refractivity contribution in [3.63, 3.8) is 0 Å². The van der Waals surface area contributed by atoms with Gasteiger partial charge in [0, 0.05) is 28.8 Å². The molecule has 0 saturated carbocycles. The SMILES string of the molecule is C=C(C)c1cc(Oc2[c-]c3c(cc2)c2ccccc2n3-c2cc(CCCC)ccn2)[c-]c(-n2nc(C)c(-c3c(C)cccc3C)c2CC(C)C)c1.[Pd+2]. The molecular formula is C46H46N4OPd. The zero-order valence-electron chi connectivity index (χ0n) is 31.2. The van der Waals surface area contributed by atoms with Crippen molar-refractivity contribution in [2.75, 3.05) is 0 Å². The van der Waals surface area contributed by atoms with Gasteiger partial charge in [-0.15, -0.1) is 41.3 Å². The number of allylic oxidation sites excluding steroid dienone is 1. The van der Waals surface area contributed by atoms with Gasteiger partial charge in [-0.05, 0) is 104 Å². The van der Waals surface area contributed by atoms with Crippen LogP contribution in [0.2, 0.25) is 0 Å². The topological polar surface area (TPSA) is 44.9 Å². The maximum Gasteiger partial charge on any atom is 2.00 e. The summed E-state index contributed by atoms with van der Waals surface area (Å²) in [7, 11) is 0. The molecule has 0 fully saturated rings.